The molecule has 1 spiro atoms. The zero-order valence-electron chi connectivity index (χ0n) is 10.4. The van der Waals surface area contributed by atoms with Crippen molar-refractivity contribution in [3.05, 3.63) is 0 Å². The van der Waals surface area contributed by atoms with Gasteiger partial charge in [0.1, 0.15) is 0 Å². The second kappa shape index (κ2) is 2.58. The molecule has 0 radical (unpaired) electrons. The standard InChI is InChI=1S/C13H22O2/c1-8-6-11(2,3)7-13(8)9(10(14)15)12(13,4)5/h8-9H,6-7H2,1-5H3,(H,14,15). The number of carboxylic acid groups (broad SMARTS) is 1. The van der Waals surface area contributed by atoms with E-state index >= 15 is 0 Å². The van der Waals surface area contributed by atoms with Crippen LogP contribution in [0.1, 0.15) is 47.5 Å². The highest BCUT2D eigenvalue weighted by atomic mass is 16.4. The van der Waals surface area contributed by atoms with E-state index in [-0.39, 0.29) is 16.7 Å². The Balaban J connectivity index is 2.35. The summed E-state index contributed by atoms with van der Waals surface area (Å²) in [4.78, 5) is 11.3. The molecule has 2 heteroatoms. The maximum atomic E-state index is 11.3. The van der Waals surface area contributed by atoms with Gasteiger partial charge in [-0.2, -0.15) is 0 Å². The zero-order valence-corrected chi connectivity index (χ0v) is 10.4. The predicted molar refractivity (Wildman–Crippen MR) is 59.5 cm³/mol. The first-order chi connectivity index (χ1) is 6.65. The van der Waals surface area contributed by atoms with Gasteiger partial charge in [0.05, 0.1) is 5.92 Å². The SMILES string of the molecule is CC1CC(C)(C)CC12C(C(=O)O)C2(C)C. The molecule has 0 aliphatic heterocycles. The monoisotopic (exact) mass is 210 g/mol. The third-order valence-electron chi connectivity index (χ3n) is 5.11. The molecule has 3 unspecified atom stereocenters. The summed E-state index contributed by atoms with van der Waals surface area (Å²) in [5.74, 6) is -0.171. The number of carbonyl (C=O) groups is 1. The number of hydrogen-bond acceptors (Lipinski definition) is 1. The van der Waals surface area contributed by atoms with Crippen LogP contribution in [0.3, 0.4) is 0 Å². The van der Waals surface area contributed by atoms with Gasteiger partial charge >= 0.3 is 5.97 Å². The third-order valence-corrected chi connectivity index (χ3v) is 5.11. The van der Waals surface area contributed by atoms with Crippen molar-refractivity contribution in [2.24, 2.45) is 28.1 Å². The third kappa shape index (κ3) is 1.14. The molecule has 0 amide bonds. The van der Waals surface area contributed by atoms with Crippen molar-refractivity contribution < 1.29 is 9.90 Å². The molecule has 0 aromatic heterocycles. The average Bonchev–Trinajstić information content (AvgIpc) is 2.33. The second-order valence-electron chi connectivity index (χ2n) is 6.98. The fraction of sp³-hybridized carbons (Fsp3) is 0.923. The van der Waals surface area contributed by atoms with Gasteiger partial charge in [-0.3, -0.25) is 4.79 Å². The molecule has 3 atom stereocenters. The van der Waals surface area contributed by atoms with E-state index < -0.39 is 5.97 Å². The predicted octanol–water partition coefficient (Wildman–Crippen LogP) is 3.17. The summed E-state index contributed by atoms with van der Waals surface area (Å²) in [5, 5.41) is 9.30. The Morgan fingerprint density at radius 2 is 1.80 bits per heavy atom. The molecule has 2 fully saturated rings. The fourth-order valence-corrected chi connectivity index (χ4v) is 4.71. The zero-order chi connectivity index (χ0) is 11.6. The number of rotatable bonds is 1. The summed E-state index contributed by atoms with van der Waals surface area (Å²) in [6, 6.07) is 0. The van der Waals surface area contributed by atoms with Gasteiger partial charge in [0.25, 0.3) is 0 Å². The summed E-state index contributed by atoms with van der Waals surface area (Å²) < 4.78 is 0. The topological polar surface area (TPSA) is 37.3 Å². The Morgan fingerprint density at radius 1 is 1.27 bits per heavy atom. The molecule has 15 heavy (non-hydrogen) atoms. The van der Waals surface area contributed by atoms with Gasteiger partial charge in [0.2, 0.25) is 0 Å². The van der Waals surface area contributed by atoms with E-state index in [2.05, 4.69) is 34.6 Å². The normalized spacial score (nSPS) is 45.7. The van der Waals surface area contributed by atoms with Gasteiger partial charge < -0.3 is 5.11 Å². The fourth-order valence-electron chi connectivity index (χ4n) is 4.71. The van der Waals surface area contributed by atoms with Gasteiger partial charge in [0, 0.05) is 0 Å². The van der Waals surface area contributed by atoms with E-state index in [1.54, 1.807) is 0 Å². The van der Waals surface area contributed by atoms with Crippen LogP contribution in [0.5, 0.6) is 0 Å². The van der Waals surface area contributed by atoms with E-state index in [1.165, 1.54) is 6.42 Å². The highest BCUT2D eigenvalue weighted by Crippen LogP contribution is 2.80. The number of aliphatic carboxylic acids is 1. The van der Waals surface area contributed by atoms with Crippen LogP contribution < -0.4 is 0 Å². The van der Waals surface area contributed by atoms with E-state index in [1.807, 2.05) is 0 Å². The largest absolute Gasteiger partial charge is 0.481 e. The van der Waals surface area contributed by atoms with Crippen LogP contribution in [0.4, 0.5) is 0 Å². The first kappa shape index (κ1) is 11.0. The lowest BCUT2D eigenvalue weighted by molar-refractivity contribution is -0.140. The maximum absolute atomic E-state index is 11.3. The first-order valence-corrected chi connectivity index (χ1v) is 5.88. The van der Waals surface area contributed by atoms with E-state index in [0.717, 1.165) is 6.42 Å². The molecule has 2 nitrogen and oxygen atoms in total. The molecule has 0 aromatic rings. The van der Waals surface area contributed by atoms with E-state index in [9.17, 15) is 9.90 Å². The van der Waals surface area contributed by atoms with Crippen LogP contribution in [-0.2, 0) is 4.79 Å². The van der Waals surface area contributed by atoms with Gasteiger partial charge in [0.15, 0.2) is 0 Å². The molecule has 2 aliphatic rings. The number of hydrogen-bond donors (Lipinski definition) is 1. The van der Waals surface area contributed by atoms with Gasteiger partial charge in [-0.25, -0.2) is 0 Å². The summed E-state index contributed by atoms with van der Waals surface area (Å²) >= 11 is 0. The molecule has 1 N–H and O–H groups in total. The Labute approximate surface area is 92.1 Å². The van der Waals surface area contributed by atoms with Crippen LogP contribution in [0.2, 0.25) is 0 Å². The van der Waals surface area contributed by atoms with Crippen molar-refractivity contribution in [3.8, 4) is 0 Å². The Hall–Kier alpha value is -0.530. The van der Waals surface area contributed by atoms with Gasteiger partial charge in [-0.15, -0.1) is 0 Å². The van der Waals surface area contributed by atoms with Gasteiger partial charge in [-0.05, 0) is 35.0 Å². The maximum Gasteiger partial charge on any atom is 0.307 e. The lowest BCUT2D eigenvalue weighted by atomic mass is 9.84. The molecule has 0 aromatic carbocycles. The Bertz CT molecular complexity index is 316. The van der Waals surface area contributed by atoms with Crippen molar-refractivity contribution in [3.63, 3.8) is 0 Å². The average molecular weight is 210 g/mol. The van der Waals surface area contributed by atoms with Crippen LogP contribution in [0, 0.1) is 28.1 Å². The van der Waals surface area contributed by atoms with Crippen molar-refractivity contribution in [1.29, 1.82) is 0 Å². The van der Waals surface area contributed by atoms with Crippen LogP contribution in [0.15, 0.2) is 0 Å². The molecule has 0 heterocycles. The molecule has 2 rings (SSSR count). The molecular formula is C13H22O2. The van der Waals surface area contributed by atoms with Gasteiger partial charge in [-0.1, -0.05) is 34.6 Å². The smallest absolute Gasteiger partial charge is 0.307 e. The highest BCUT2D eigenvalue weighted by Gasteiger charge is 2.78. The van der Waals surface area contributed by atoms with Crippen LogP contribution in [-0.4, -0.2) is 11.1 Å². The summed E-state index contributed by atoms with van der Waals surface area (Å²) in [6.07, 6.45) is 2.24. The molecule has 0 bridgehead atoms. The van der Waals surface area contributed by atoms with Crippen molar-refractivity contribution in [2.45, 2.75) is 47.5 Å². The van der Waals surface area contributed by atoms with Crippen molar-refractivity contribution in [2.75, 3.05) is 0 Å². The number of carboxylic acids is 1. The highest BCUT2D eigenvalue weighted by molar-refractivity contribution is 5.77. The quantitative estimate of drug-likeness (QED) is 0.721. The van der Waals surface area contributed by atoms with Crippen molar-refractivity contribution >= 4 is 5.97 Å². The molecule has 0 saturated heterocycles. The Kier molecular flexibility index (Phi) is 1.89. The summed E-state index contributed by atoms with van der Waals surface area (Å²) in [6.45, 7) is 11.0. The molecular weight excluding hydrogens is 188 g/mol. The minimum atomic E-state index is -0.593. The first-order valence-electron chi connectivity index (χ1n) is 5.88. The lowest BCUT2D eigenvalue weighted by Gasteiger charge is -2.19. The van der Waals surface area contributed by atoms with E-state index in [4.69, 9.17) is 0 Å². The minimum Gasteiger partial charge on any atom is -0.481 e. The Morgan fingerprint density at radius 3 is 2.07 bits per heavy atom. The van der Waals surface area contributed by atoms with E-state index in [0.29, 0.717) is 11.3 Å². The van der Waals surface area contributed by atoms with Crippen LogP contribution >= 0.6 is 0 Å². The molecule has 86 valence electrons. The lowest BCUT2D eigenvalue weighted by Crippen LogP contribution is -2.15. The molecule has 2 aliphatic carbocycles. The van der Waals surface area contributed by atoms with Crippen LogP contribution in [0.25, 0.3) is 0 Å². The molecule has 2 saturated carbocycles. The van der Waals surface area contributed by atoms with Crippen molar-refractivity contribution in [1.82, 2.24) is 0 Å². The summed E-state index contributed by atoms with van der Waals surface area (Å²) in [7, 11) is 0. The second-order valence-corrected chi connectivity index (χ2v) is 6.98. The summed E-state index contributed by atoms with van der Waals surface area (Å²) in [5.41, 5.74) is 0.384. The minimum absolute atomic E-state index is 0.00792.